The van der Waals surface area contributed by atoms with Crippen LogP contribution in [-0.2, 0) is 29.2 Å². The first-order valence-corrected chi connectivity index (χ1v) is 10.4. The smallest absolute Gasteiger partial charge is 0.475 e. The van der Waals surface area contributed by atoms with Gasteiger partial charge in [0.2, 0.25) is 5.91 Å². The number of aliphatic carboxylic acids is 1. The number of alkyl halides is 3. The summed E-state index contributed by atoms with van der Waals surface area (Å²) >= 11 is 1.81. The Balaban J connectivity index is 0.000000318. The number of nitrogens with zero attached hydrogens (tertiary/aromatic N) is 4. The SMILES string of the molecule is O=C(O)C(F)(F)F.O=C1CCCN1CC1CN(Cc2cccs2)Cc2nccn2C1. The second-order valence-electron chi connectivity index (χ2n) is 7.36. The Morgan fingerprint density at radius 3 is 2.70 bits per heavy atom. The lowest BCUT2D eigenvalue weighted by Crippen LogP contribution is -2.37. The minimum absolute atomic E-state index is 0.324. The van der Waals surface area contributed by atoms with Crippen LogP contribution in [0.15, 0.2) is 29.9 Å². The summed E-state index contributed by atoms with van der Waals surface area (Å²) in [4.78, 5) is 31.3. The fraction of sp³-hybridized carbons (Fsp3) is 0.526. The molecule has 1 N–H and O–H groups in total. The maximum Gasteiger partial charge on any atom is 0.490 e. The molecule has 2 aliphatic heterocycles. The van der Waals surface area contributed by atoms with Crippen molar-refractivity contribution in [2.75, 3.05) is 19.6 Å². The van der Waals surface area contributed by atoms with Crippen molar-refractivity contribution in [3.63, 3.8) is 0 Å². The number of halogens is 3. The molecule has 0 bridgehead atoms. The minimum Gasteiger partial charge on any atom is -0.475 e. The molecule has 7 nitrogen and oxygen atoms in total. The van der Waals surface area contributed by atoms with Gasteiger partial charge in [-0.05, 0) is 17.9 Å². The molecule has 1 fully saturated rings. The van der Waals surface area contributed by atoms with Crippen molar-refractivity contribution < 1.29 is 27.9 Å². The number of likely N-dealkylation sites (tertiary alicyclic amines) is 1. The molecule has 2 aromatic heterocycles. The summed E-state index contributed by atoms with van der Waals surface area (Å²) in [5.74, 6) is -0.832. The molecule has 1 atom stereocenters. The lowest BCUT2D eigenvalue weighted by molar-refractivity contribution is -0.192. The lowest BCUT2D eigenvalue weighted by atomic mass is 10.1. The van der Waals surface area contributed by atoms with Gasteiger partial charge in [-0.1, -0.05) is 6.07 Å². The fourth-order valence-electron chi connectivity index (χ4n) is 3.69. The van der Waals surface area contributed by atoms with E-state index in [2.05, 4.69) is 43.1 Å². The van der Waals surface area contributed by atoms with E-state index < -0.39 is 12.1 Å². The van der Waals surface area contributed by atoms with Gasteiger partial charge in [0.25, 0.3) is 0 Å². The van der Waals surface area contributed by atoms with Gasteiger partial charge in [-0.3, -0.25) is 9.69 Å². The first-order valence-electron chi connectivity index (χ1n) is 9.55. The highest BCUT2D eigenvalue weighted by Gasteiger charge is 2.38. The zero-order valence-electron chi connectivity index (χ0n) is 16.2. The third-order valence-corrected chi connectivity index (χ3v) is 5.85. The van der Waals surface area contributed by atoms with Crippen molar-refractivity contribution >= 4 is 23.2 Å². The highest BCUT2D eigenvalue weighted by Crippen LogP contribution is 2.22. The summed E-state index contributed by atoms with van der Waals surface area (Å²) < 4.78 is 34.0. The number of fused-ring (bicyclic) bond motifs is 1. The molecule has 2 aromatic rings. The Kier molecular flexibility index (Phi) is 7.14. The zero-order chi connectivity index (χ0) is 21.7. The maximum absolute atomic E-state index is 12.0. The summed E-state index contributed by atoms with van der Waals surface area (Å²) in [5.41, 5.74) is 0. The van der Waals surface area contributed by atoms with E-state index in [1.807, 2.05) is 17.5 Å². The van der Waals surface area contributed by atoms with E-state index in [-0.39, 0.29) is 0 Å². The summed E-state index contributed by atoms with van der Waals surface area (Å²) in [7, 11) is 0. The molecule has 0 saturated carbocycles. The van der Waals surface area contributed by atoms with Crippen LogP contribution in [0.1, 0.15) is 23.5 Å². The van der Waals surface area contributed by atoms with Gasteiger partial charge in [-0.15, -0.1) is 11.3 Å². The van der Waals surface area contributed by atoms with Crippen LogP contribution in [0, 0.1) is 5.92 Å². The number of carbonyl (C=O) groups excluding carboxylic acids is 1. The second kappa shape index (κ2) is 9.61. The lowest BCUT2D eigenvalue weighted by Gasteiger charge is -2.27. The topological polar surface area (TPSA) is 78.7 Å². The van der Waals surface area contributed by atoms with Gasteiger partial charge in [-0.2, -0.15) is 13.2 Å². The van der Waals surface area contributed by atoms with Gasteiger partial charge in [0.15, 0.2) is 0 Å². The first kappa shape index (κ1) is 22.3. The fourth-order valence-corrected chi connectivity index (χ4v) is 4.44. The minimum atomic E-state index is -5.08. The van der Waals surface area contributed by atoms with E-state index in [4.69, 9.17) is 9.90 Å². The first-order chi connectivity index (χ1) is 14.2. The largest absolute Gasteiger partial charge is 0.490 e. The number of carboxylic acid groups (broad SMARTS) is 1. The third-order valence-electron chi connectivity index (χ3n) is 4.99. The van der Waals surface area contributed by atoms with Gasteiger partial charge in [0.1, 0.15) is 5.82 Å². The van der Waals surface area contributed by atoms with Crippen molar-refractivity contribution in [2.24, 2.45) is 5.92 Å². The Morgan fingerprint density at radius 1 is 1.33 bits per heavy atom. The van der Waals surface area contributed by atoms with Crippen LogP contribution in [0.2, 0.25) is 0 Å². The van der Waals surface area contributed by atoms with Gasteiger partial charge in [-0.25, -0.2) is 9.78 Å². The molecule has 0 aliphatic carbocycles. The van der Waals surface area contributed by atoms with Crippen LogP contribution in [0.25, 0.3) is 0 Å². The van der Waals surface area contributed by atoms with Gasteiger partial charge in [0, 0.05) is 62.3 Å². The molecule has 1 saturated heterocycles. The normalized spacial score (nSPS) is 19.8. The van der Waals surface area contributed by atoms with E-state index in [1.54, 1.807) is 0 Å². The predicted octanol–water partition coefficient (Wildman–Crippen LogP) is 2.83. The van der Waals surface area contributed by atoms with Crippen LogP contribution in [0.3, 0.4) is 0 Å². The zero-order valence-corrected chi connectivity index (χ0v) is 17.0. The van der Waals surface area contributed by atoms with Crippen molar-refractivity contribution in [3.05, 3.63) is 40.6 Å². The van der Waals surface area contributed by atoms with E-state index in [9.17, 15) is 18.0 Å². The quantitative estimate of drug-likeness (QED) is 0.785. The summed E-state index contributed by atoms with van der Waals surface area (Å²) in [6, 6.07) is 4.31. The van der Waals surface area contributed by atoms with Crippen LogP contribution in [0.4, 0.5) is 13.2 Å². The van der Waals surface area contributed by atoms with Crippen LogP contribution in [0.5, 0.6) is 0 Å². The van der Waals surface area contributed by atoms with Crippen molar-refractivity contribution in [1.82, 2.24) is 19.4 Å². The highest BCUT2D eigenvalue weighted by atomic mass is 32.1. The molecule has 1 amide bonds. The second-order valence-corrected chi connectivity index (χ2v) is 8.39. The standard InChI is InChI=1S/C17H22N4OS.C2HF3O2/c22-17-4-1-6-21(17)11-14-9-19(12-15-3-2-8-23-15)13-16-18-5-7-20(16)10-14;3-2(4,5)1(6)7/h2-3,5,7-8,14H,1,4,6,9-13H2;(H,6,7). The van der Waals surface area contributed by atoms with Crippen LogP contribution in [-0.4, -0.2) is 62.1 Å². The van der Waals surface area contributed by atoms with E-state index >= 15 is 0 Å². The number of amides is 1. The number of carbonyl (C=O) groups is 2. The Hall–Kier alpha value is -2.40. The molecular formula is C19H23F3N4O3S. The molecule has 0 aromatic carbocycles. The maximum atomic E-state index is 12.0. The van der Waals surface area contributed by atoms with Gasteiger partial charge >= 0.3 is 12.1 Å². The highest BCUT2D eigenvalue weighted by molar-refractivity contribution is 7.09. The Labute approximate surface area is 175 Å². The van der Waals surface area contributed by atoms with Crippen LogP contribution >= 0.6 is 11.3 Å². The van der Waals surface area contributed by atoms with Crippen molar-refractivity contribution in [2.45, 2.75) is 38.7 Å². The number of imidazole rings is 1. The summed E-state index contributed by atoms with van der Waals surface area (Å²) in [6.45, 7) is 5.63. The molecule has 164 valence electrons. The van der Waals surface area contributed by atoms with Crippen LogP contribution < -0.4 is 0 Å². The van der Waals surface area contributed by atoms with Crippen molar-refractivity contribution in [3.8, 4) is 0 Å². The summed E-state index contributed by atoms with van der Waals surface area (Å²) in [6.07, 6.45) is 0.619. The molecule has 0 radical (unpaired) electrons. The number of aromatic nitrogens is 2. The van der Waals surface area contributed by atoms with E-state index in [0.717, 1.165) is 57.9 Å². The van der Waals surface area contributed by atoms with Gasteiger partial charge in [0.05, 0.1) is 6.54 Å². The molecule has 11 heteroatoms. The summed E-state index contributed by atoms with van der Waals surface area (Å²) in [5, 5.41) is 9.26. The molecular weight excluding hydrogens is 421 g/mol. The van der Waals surface area contributed by atoms with E-state index in [0.29, 0.717) is 11.8 Å². The molecule has 30 heavy (non-hydrogen) atoms. The Morgan fingerprint density at radius 2 is 2.10 bits per heavy atom. The molecule has 0 spiro atoms. The number of carboxylic acids is 1. The molecule has 2 aliphatic rings. The average Bonchev–Trinajstić information content (AvgIpc) is 3.38. The number of hydrogen-bond acceptors (Lipinski definition) is 5. The monoisotopic (exact) mass is 444 g/mol. The van der Waals surface area contributed by atoms with Gasteiger partial charge < -0.3 is 14.6 Å². The molecule has 4 heterocycles. The van der Waals surface area contributed by atoms with E-state index in [1.165, 1.54) is 4.88 Å². The number of thiophene rings is 1. The number of rotatable bonds is 4. The Bertz CT molecular complexity index is 854. The molecule has 4 rings (SSSR count). The third kappa shape index (κ3) is 6.05. The number of hydrogen-bond donors (Lipinski definition) is 1. The average molecular weight is 444 g/mol. The van der Waals surface area contributed by atoms with Crippen molar-refractivity contribution in [1.29, 1.82) is 0 Å². The molecule has 1 unspecified atom stereocenters. The predicted molar refractivity (Wildman–Crippen MR) is 104 cm³/mol.